The number of carbonyl (C=O) groups is 1. The molecule has 7 N–H and O–H groups in total. The molecular formula is C22H44O8. The van der Waals surface area contributed by atoms with Crippen LogP contribution in [0.25, 0.3) is 0 Å². The highest BCUT2D eigenvalue weighted by Crippen LogP contribution is 2.21. The van der Waals surface area contributed by atoms with Gasteiger partial charge in [0.25, 0.3) is 0 Å². The van der Waals surface area contributed by atoms with Crippen LogP contribution in [0.4, 0.5) is 0 Å². The molecule has 0 atom stereocenters. The molecule has 1 aliphatic rings. The van der Waals surface area contributed by atoms with Gasteiger partial charge < -0.3 is 35.7 Å². The summed E-state index contributed by atoms with van der Waals surface area (Å²) in [5, 5.41) is 62.3. The van der Waals surface area contributed by atoms with E-state index in [0.717, 1.165) is 12.8 Å². The average Bonchev–Trinajstić information content (AvgIpc) is 2.73. The summed E-state index contributed by atoms with van der Waals surface area (Å²) in [6.07, 6.45) is 7.43. The minimum Gasteiger partial charge on any atom is -0.481 e. The molecule has 0 bridgehead atoms. The van der Waals surface area contributed by atoms with Crippen LogP contribution in [0, 0.1) is 0 Å². The summed E-state index contributed by atoms with van der Waals surface area (Å²) in [6.45, 7) is 2.26. The lowest BCUT2D eigenvalue weighted by Gasteiger charge is -2.39. The van der Waals surface area contributed by atoms with Gasteiger partial charge in [0.15, 0.2) is 0 Å². The zero-order valence-corrected chi connectivity index (χ0v) is 18.4. The van der Waals surface area contributed by atoms with E-state index in [-0.39, 0.29) is 0 Å². The molecule has 180 valence electrons. The van der Waals surface area contributed by atoms with Crippen molar-refractivity contribution in [2.45, 2.75) is 133 Å². The molecule has 0 saturated heterocycles. The van der Waals surface area contributed by atoms with Crippen LogP contribution in [-0.4, -0.2) is 78.3 Å². The minimum atomic E-state index is -1.64. The predicted octanol–water partition coefficient (Wildman–Crippen LogP) is 1.72. The molecule has 0 aromatic rings. The fraction of sp³-hybridized carbons (Fsp3) is 0.955. The van der Waals surface area contributed by atoms with Gasteiger partial charge in [0, 0.05) is 6.42 Å². The van der Waals surface area contributed by atoms with Crippen LogP contribution in [0.1, 0.15) is 96.8 Å². The van der Waals surface area contributed by atoms with Gasteiger partial charge in [-0.25, -0.2) is 0 Å². The second-order valence-electron chi connectivity index (χ2n) is 8.33. The Labute approximate surface area is 180 Å². The summed E-state index contributed by atoms with van der Waals surface area (Å²) < 4.78 is 0. The molecule has 0 spiro atoms. The van der Waals surface area contributed by atoms with Crippen LogP contribution in [0.3, 0.4) is 0 Å². The maximum atomic E-state index is 10.3. The zero-order chi connectivity index (χ0) is 22.9. The first-order valence-electron chi connectivity index (χ1n) is 11.5. The van der Waals surface area contributed by atoms with E-state index >= 15 is 0 Å². The van der Waals surface area contributed by atoms with Gasteiger partial charge in [-0.1, -0.05) is 84.0 Å². The topological polar surface area (TPSA) is 159 Å². The van der Waals surface area contributed by atoms with Crippen molar-refractivity contribution < 1.29 is 40.5 Å². The van der Waals surface area contributed by atoms with E-state index in [1.807, 2.05) is 0 Å². The maximum absolute atomic E-state index is 10.3. The number of aliphatic hydroxyl groups is 6. The van der Waals surface area contributed by atoms with E-state index in [2.05, 4.69) is 6.92 Å². The van der Waals surface area contributed by atoms with E-state index in [4.69, 9.17) is 35.7 Å². The van der Waals surface area contributed by atoms with Crippen LogP contribution in [0.5, 0.6) is 0 Å². The Hall–Kier alpha value is -0.770. The fourth-order valence-corrected chi connectivity index (χ4v) is 3.51. The summed E-state index contributed by atoms with van der Waals surface area (Å²) >= 11 is 0. The molecule has 0 aliphatic heterocycles. The largest absolute Gasteiger partial charge is 0.481 e. The Kier molecular flexibility index (Phi) is 17.4. The van der Waals surface area contributed by atoms with Crippen molar-refractivity contribution in [2.75, 3.05) is 0 Å². The molecule has 8 heteroatoms. The highest BCUT2D eigenvalue weighted by molar-refractivity contribution is 5.66. The standard InChI is InChI=1S/C16H32O2.C6H12O6/c1-2-3-4-5-6-7-8-9-10-11-12-13-14-15-16(17)18;7-1-2(8)4(10)6(12)5(11)3(1)9/h2-15H2,1H3,(H,17,18);1-12H/t;1-,2-,3-,4+,5-,6-. The van der Waals surface area contributed by atoms with Crippen molar-refractivity contribution in [2.24, 2.45) is 0 Å². The number of aliphatic hydroxyl groups excluding tert-OH is 6. The molecule has 8 nitrogen and oxygen atoms in total. The van der Waals surface area contributed by atoms with Crippen LogP contribution >= 0.6 is 0 Å². The predicted molar refractivity (Wildman–Crippen MR) is 114 cm³/mol. The van der Waals surface area contributed by atoms with Crippen LogP contribution in [0.2, 0.25) is 0 Å². The smallest absolute Gasteiger partial charge is 0.303 e. The first kappa shape index (κ1) is 29.2. The van der Waals surface area contributed by atoms with Crippen LogP contribution in [-0.2, 0) is 4.79 Å². The normalized spacial score (nSPS) is 28.6. The quantitative estimate of drug-likeness (QED) is 0.203. The van der Waals surface area contributed by atoms with Gasteiger partial charge in [-0.3, -0.25) is 4.79 Å². The van der Waals surface area contributed by atoms with Gasteiger partial charge in [0.2, 0.25) is 0 Å². The number of unbranched alkanes of at least 4 members (excludes halogenated alkanes) is 12. The lowest BCUT2D eigenvalue weighted by atomic mass is 9.85. The SMILES string of the molecule is CCCCCCCCCCCCCCCC(=O)O.O[C@H]1[C@H](O)[C@@H](O)[C@H](O)[C@@H](O)[C@H]1O. The summed E-state index contributed by atoms with van der Waals surface area (Å²) in [4.78, 5) is 10.3. The average molecular weight is 437 g/mol. The van der Waals surface area contributed by atoms with Gasteiger partial charge in [-0.05, 0) is 6.42 Å². The van der Waals surface area contributed by atoms with E-state index < -0.39 is 42.6 Å². The molecule has 0 amide bonds. The number of aliphatic carboxylic acids is 1. The first-order valence-corrected chi connectivity index (χ1v) is 11.5. The maximum Gasteiger partial charge on any atom is 0.303 e. The summed E-state index contributed by atoms with van der Waals surface area (Å²) in [6, 6.07) is 0. The first-order chi connectivity index (χ1) is 14.2. The van der Waals surface area contributed by atoms with Crippen LogP contribution in [0.15, 0.2) is 0 Å². The zero-order valence-electron chi connectivity index (χ0n) is 18.4. The van der Waals surface area contributed by atoms with Gasteiger partial charge in [-0.2, -0.15) is 0 Å². The van der Waals surface area contributed by atoms with Gasteiger partial charge >= 0.3 is 5.97 Å². The second-order valence-corrected chi connectivity index (χ2v) is 8.33. The van der Waals surface area contributed by atoms with Crippen molar-refractivity contribution in [3.63, 3.8) is 0 Å². The van der Waals surface area contributed by atoms with Gasteiger partial charge in [-0.15, -0.1) is 0 Å². The number of carboxylic acid groups (broad SMARTS) is 1. The number of rotatable bonds is 14. The Balaban J connectivity index is 0.000000604. The highest BCUT2D eigenvalue weighted by Gasteiger charge is 2.47. The molecule has 1 fully saturated rings. The Morgan fingerprint density at radius 3 is 0.967 bits per heavy atom. The van der Waals surface area contributed by atoms with Crippen molar-refractivity contribution in [3.8, 4) is 0 Å². The fourth-order valence-electron chi connectivity index (χ4n) is 3.51. The molecule has 0 aromatic heterocycles. The summed E-state index contributed by atoms with van der Waals surface area (Å²) in [7, 11) is 0. The minimum absolute atomic E-state index is 0.345. The van der Waals surface area contributed by atoms with Crippen molar-refractivity contribution in [3.05, 3.63) is 0 Å². The number of hydrogen-bond acceptors (Lipinski definition) is 7. The van der Waals surface area contributed by atoms with Crippen molar-refractivity contribution in [1.29, 1.82) is 0 Å². The molecule has 0 radical (unpaired) electrons. The lowest BCUT2D eigenvalue weighted by molar-refractivity contribution is -0.223. The third-order valence-electron chi connectivity index (χ3n) is 5.59. The Morgan fingerprint density at radius 2 is 0.733 bits per heavy atom. The molecule has 1 saturated carbocycles. The molecular weight excluding hydrogens is 392 g/mol. The Morgan fingerprint density at radius 1 is 0.500 bits per heavy atom. The number of carboxylic acids is 1. The third-order valence-corrected chi connectivity index (χ3v) is 5.59. The monoisotopic (exact) mass is 436 g/mol. The molecule has 1 aliphatic carbocycles. The molecule has 0 aromatic carbocycles. The van der Waals surface area contributed by atoms with Gasteiger partial charge in [0.1, 0.15) is 36.6 Å². The lowest BCUT2D eigenvalue weighted by Crippen LogP contribution is -2.63. The van der Waals surface area contributed by atoms with Crippen LogP contribution < -0.4 is 0 Å². The highest BCUT2D eigenvalue weighted by atomic mass is 16.4. The summed E-state index contributed by atoms with van der Waals surface area (Å²) in [5.74, 6) is -0.655. The molecule has 0 heterocycles. The van der Waals surface area contributed by atoms with E-state index in [0.29, 0.717) is 6.42 Å². The van der Waals surface area contributed by atoms with E-state index in [1.54, 1.807) is 0 Å². The van der Waals surface area contributed by atoms with Crippen molar-refractivity contribution >= 4 is 5.97 Å². The Bertz CT molecular complexity index is 361. The number of hydrogen-bond donors (Lipinski definition) is 7. The van der Waals surface area contributed by atoms with E-state index in [9.17, 15) is 4.79 Å². The van der Waals surface area contributed by atoms with Gasteiger partial charge in [0.05, 0.1) is 0 Å². The molecule has 30 heavy (non-hydrogen) atoms. The summed E-state index contributed by atoms with van der Waals surface area (Å²) in [5.41, 5.74) is 0. The third kappa shape index (κ3) is 12.8. The molecule has 1 rings (SSSR count). The second kappa shape index (κ2) is 17.9. The van der Waals surface area contributed by atoms with Crippen molar-refractivity contribution in [1.82, 2.24) is 0 Å². The van der Waals surface area contributed by atoms with E-state index in [1.165, 1.54) is 70.6 Å². The molecule has 0 unspecified atom stereocenters.